The van der Waals surface area contributed by atoms with Crippen LogP contribution in [0.1, 0.15) is 23.2 Å². The lowest BCUT2D eigenvalue weighted by molar-refractivity contribution is 0.0718. The van der Waals surface area contributed by atoms with Gasteiger partial charge in [-0.25, -0.2) is 14.4 Å². The van der Waals surface area contributed by atoms with Gasteiger partial charge in [0.25, 0.3) is 5.91 Å². The molecule has 0 radical (unpaired) electrons. The molecule has 120 valence electrons. The highest BCUT2D eigenvalue weighted by Crippen LogP contribution is 2.22. The molecule has 0 unspecified atom stereocenters. The summed E-state index contributed by atoms with van der Waals surface area (Å²) in [5.41, 5.74) is 0.343. The zero-order valence-electron chi connectivity index (χ0n) is 12.4. The third-order valence-corrected chi connectivity index (χ3v) is 4.19. The summed E-state index contributed by atoms with van der Waals surface area (Å²) in [6, 6.07) is 5.93. The SMILES string of the molecule is O=C(c1ccc(F)cc1Cl)N1CCC(Nc2ccncn2)CC1. The van der Waals surface area contributed by atoms with Gasteiger partial charge < -0.3 is 10.2 Å². The van der Waals surface area contributed by atoms with Gasteiger partial charge in [0.1, 0.15) is 18.0 Å². The van der Waals surface area contributed by atoms with Crippen molar-refractivity contribution < 1.29 is 9.18 Å². The maximum atomic E-state index is 13.1. The molecule has 1 N–H and O–H groups in total. The van der Waals surface area contributed by atoms with Crippen molar-refractivity contribution in [3.63, 3.8) is 0 Å². The van der Waals surface area contributed by atoms with E-state index >= 15 is 0 Å². The van der Waals surface area contributed by atoms with Crippen LogP contribution in [0.4, 0.5) is 10.2 Å². The first-order valence-corrected chi connectivity index (χ1v) is 7.78. The molecule has 1 aliphatic heterocycles. The third-order valence-electron chi connectivity index (χ3n) is 3.88. The monoisotopic (exact) mass is 334 g/mol. The van der Waals surface area contributed by atoms with Gasteiger partial charge in [-0.1, -0.05) is 11.6 Å². The number of carbonyl (C=O) groups is 1. The molecule has 0 atom stereocenters. The van der Waals surface area contributed by atoms with E-state index in [0.29, 0.717) is 18.7 Å². The fourth-order valence-electron chi connectivity index (χ4n) is 2.65. The first-order valence-electron chi connectivity index (χ1n) is 7.40. The smallest absolute Gasteiger partial charge is 0.255 e. The third kappa shape index (κ3) is 3.76. The fourth-order valence-corrected chi connectivity index (χ4v) is 2.89. The Morgan fingerprint density at radius 3 is 2.74 bits per heavy atom. The summed E-state index contributed by atoms with van der Waals surface area (Å²) in [5.74, 6) is 0.182. The van der Waals surface area contributed by atoms with E-state index in [4.69, 9.17) is 11.6 Å². The molecule has 5 nitrogen and oxygen atoms in total. The van der Waals surface area contributed by atoms with Crippen molar-refractivity contribution in [3.05, 3.63) is 53.2 Å². The Morgan fingerprint density at radius 1 is 1.30 bits per heavy atom. The maximum Gasteiger partial charge on any atom is 0.255 e. The number of anilines is 1. The molecule has 1 aliphatic rings. The number of rotatable bonds is 3. The summed E-state index contributed by atoms with van der Waals surface area (Å²) < 4.78 is 13.1. The van der Waals surface area contributed by atoms with Crippen molar-refractivity contribution in [1.82, 2.24) is 14.9 Å². The lowest BCUT2D eigenvalue weighted by Crippen LogP contribution is -2.42. The first-order chi connectivity index (χ1) is 11.1. The van der Waals surface area contributed by atoms with Crippen LogP contribution in [0.5, 0.6) is 0 Å². The van der Waals surface area contributed by atoms with Crippen LogP contribution in [-0.4, -0.2) is 39.9 Å². The Balaban J connectivity index is 1.59. The zero-order valence-corrected chi connectivity index (χ0v) is 13.1. The van der Waals surface area contributed by atoms with Crippen molar-refractivity contribution >= 4 is 23.3 Å². The fraction of sp³-hybridized carbons (Fsp3) is 0.312. The van der Waals surface area contributed by atoms with E-state index in [-0.39, 0.29) is 17.0 Å². The molecular weight excluding hydrogens is 319 g/mol. The number of nitrogens with zero attached hydrogens (tertiary/aromatic N) is 3. The Morgan fingerprint density at radius 2 is 2.09 bits per heavy atom. The minimum Gasteiger partial charge on any atom is -0.367 e. The van der Waals surface area contributed by atoms with Gasteiger partial charge in [0, 0.05) is 25.3 Å². The number of likely N-dealkylation sites (tertiary alicyclic amines) is 1. The zero-order chi connectivity index (χ0) is 16.2. The van der Waals surface area contributed by atoms with E-state index in [1.54, 1.807) is 11.1 Å². The van der Waals surface area contributed by atoms with Crippen molar-refractivity contribution in [2.45, 2.75) is 18.9 Å². The molecule has 2 heterocycles. The van der Waals surface area contributed by atoms with Crippen molar-refractivity contribution in [3.8, 4) is 0 Å². The number of benzene rings is 1. The molecule has 0 spiro atoms. The van der Waals surface area contributed by atoms with E-state index in [1.165, 1.54) is 18.5 Å². The summed E-state index contributed by atoms with van der Waals surface area (Å²) in [6.07, 6.45) is 4.81. The van der Waals surface area contributed by atoms with Crippen molar-refractivity contribution in [2.75, 3.05) is 18.4 Å². The number of piperidine rings is 1. The molecule has 1 saturated heterocycles. The molecule has 0 aliphatic carbocycles. The molecule has 23 heavy (non-hydrogen) atoms. The van der Waals surface area contributed by atoms with Gasteiger partial charge in [-0.15, -0.1) is 0 Å². The number of aromatic nitrogens is 2. The molecule has 1 amide bonds. The summed E-state index contributed by atoms with van der Waals surface area (Å²) >= 11 is 5.97. The molecule has 1 aromatic heterocycles. The number of hydrogen-bond donors (Lipinski definition) is 1. The quantitative estimate of drug-likeness (QED) is 0.937. The van der Waals surface area contributed by atoms with Crippen LogP contribution >= 0.6 is 11.6 Å². The van der Waals surface area contributed by atoms with Crippen LogP contribution < -0.4 is 5.32 Å². The second kappa shape index (κ2) is 6.91. The standard InChI is InChI=1S/C16H16ClFN4O/c17-14-9-11(18)1-2-13(14)16(23)22-7-4-12(5-8-22)21-15-3-6-19-10-20-15/h1-3,6,9-10,12H,4-5,7-8H2,(H,19,20,21). The van der Waals surface area contributed by atoms with E-state index < -0.39 is 5.82 Å². The molecule has 7 heteroatoms. The predicted molar refractivity (Wildman–Crippen MR) is 86.0 cm³/mol. The van der Waals surface area contributed by atoms with E-state index in [2.05, 4.69) is 15.3 Å². The van der Waals surface area contributed by atoms with Crippen LogP contribution in [0.15, 0.2) is 36.8 Å². The highest BCUT2D eigenvalue weighted by atomic mass is 35.5. The molecular formula is C16H16ClFN4O. The minimum atomic E-state index is -0.445. The van der Waals surface area contributed by atoms with Gasteiger partial charge in [0.15, 0.2) is 0 Å². The highest BCUT2D eigenvalue weighted by Gasteiger charge is 2.25. The van der Waals surface area contributed by atoms with Gasteiger partial charge in [0.05, 0.1) is 10.6 Å². The van der Waals surface area contributed by atoms with Crippen LogP contribution in [0.2, 0.25) is 5.02 Å². The summed E-state index contributed by atoms with van der Waals surface area (Å²) in [7, 11) is 0. The van der Waals surface area contributed by atoms with Crippen LogP contribution in [0.3, 0.4) is 0 Å². The molecule has 0 bridgehead atoms. The van der Waals surface area contributed by atoms with Crippen LogP contribution in [0.25, 0.3) is 0 Å². The maximum absolute atomic E-state index is 13.1. The summed E-state index contributed by atoms with van der Waals surface area (Å²) in [4.78, 5) is 22.2. The first kappa shape index (κ1) is 15.7. The molecule has 0 saturated carbocycles. The number of halogens is 2. The van der Waals surface area contributed by atoms with Gasteiger partial charge in [0.2, 0.25) is 0 Å². The molecule has 1 fully saturated rings. The number of carbonyl (C=O) groups excluding carboxylic acids is 1. The summed E-state index contributed by atoms with van der Waals surface area (Å²) in [6.45, 7) is 1.24. The van der Waals surface area contributed by atoms with E-state index in [9.17, 15) is 9.18 Å². The Labute approximate surface area is 138 Å². The van der Waals surface area contributed by atoms with Gasteiger partial charge >= 0.3 is 0 Å². The summed E-state index contributed by atoms with van der Waals surface area (Å²) in [5, 5.41) is 3.48. The molecule has 3 rings (SSSR count). The number of hydrogen-bond acceptors (Lipinski definition) is 4. The average molecular weight is 335 g/mol. The Bertz CT molecular complexity index is 690. The number of nitrogens with one attached hydrogen (secondary N) is 1. The number of amides is 1. The highest BCUT2D eigenvalue weighted by molar-refractivity contribution is 6.33. The van der Waals surface area contributed by atoms with Gasteiger partial charge in [-0.3, -0.25) is 4.79 Å². The van der Waals surface area contributed by atoms with Crippen LogP contribution in [-0.2, 0) is 0 Å². The normalized spacial score (nSPS) is 15.5. The van der Waals surface area contributed by atoms with E-state index in [1.807, 2.05) is 6.07 Å². The van der Waals surface area contributed by atoms with E-state index in [0.717, 1.165) is 24.7 Å². The molecule has 1 aromatic carbocycles. The van der Waals surface area contributed by atoms with Crippen molar-refractivity contribution in [2.24, 2.45) is 0 Å². The largest absolute Gasteiger partial charge is 0.367 e. The lowest BCUT2D eigenvalue weighted by atomic mass is 10.0. The van der Waals surface area contributed by atoms with Crippen LogP contribution in [0, 0.1) is 5.82 Å². The second-order valence-corrected chi connectivity index (χ2v) is 5.84. The molecule has 2 aromatic rings. The van der Waals surface area contributed by atoms with Gasteiger partial charge in [-0.2, -0.15) is 0 Å². The predicted octanol–water partition coefficient (Wildman–Crippen LogP) is 2.99. The lowest BCUT2D eigenvalue weighted by Gasteiger charge is -2.32. The van der Waals surface area contributed by atoms with Gasteiger partial charge in [-0.05, 0) is 37.1 Å². The minimum absolute atomic E-state index is 0.149. The van der Waals surface area contributed by atoms with Crippen molar-refractivity contribution in [1.29, 1.82) is 0 Å². The Kier molecular flexibility index (Phi) is 4.71. The Hall–Kier alpha value is -2.21. The second-order valence-electron chi connectivity index (χ2n) is 5.43. The average Bonchev–Trinajstić information content (AvgIpc) is 2.56. The topological polar surface area (TPSA) is 58.1 Å².